The molecule has 0 fully saturated rings. The molecule has 0 unspecified atom stereocenters. The average Bonchev–Trinajstić information content (AvgIpc) is 3.12. The first-order chi connectivity index (χ1) is 11.2. The van der Waals surface area contributed by atoms with Gasteiger partial charge in [-0.1, -0.05) is 11.2 Å². The fourth-order valence-electron chi connectivity index (χ4n) is 1.60. The molecule has 1 heterocycles. The Hall–Kier alpha value is -2.67. The van der Waals surface area contributed by atoms with Gasteiger partial charge in [0.1, 0.15) is 5.75 Å². The minimum absolute atomic E-state index is 0.201. The number of amides is 1. The Balaban J connectivity index is 1.73. The summed E-state index contributed by atoms with van der Waals surface area (Å²) in [4.78, 5) is 17.5. The second-order valence-electron chi connectivity index (χ2n) is 4.49. The first-order valence-electron chi connectivity index (χ1n) is 6.85. The summed E-state index contributed by atoms with van der Waals surface area (Å²) in [5.41, 5.74) is 4.02. The van der Waals surface area contributed by atoms with Gasteiger partial charge in [0.2, 0.25) is 0 Å². The van der Waals surface area contributed by atoms with E-state index < -0.39 is 0 Å². The lowest BCUT2D eigenvalue weighted by molar-refractivity contribution is -0.125. The van der Waals surface area contributed by atoms with Crippen LogP contribution in [0.4, 0.5) is 0 Å². The van der Waals surface area contributed by atoms with Gasteiger partial charge < -0.3 is 9.57 Å². The third-order valence-corrected chi connectivity index (χ3v) is 3.79. The van der Waals surface area contributed by atoms with Crippen molar-refractivity contribution < 1.29 is 14.4 Å². The van der Waals surface area contributed by atoms with Gasteiger partial charge in [-0.05, 0) is 48.2 Å². The molecule has 1 aromatic heterocycles. The molecule has 120 valence electrons. The van der Waals surface area contributed by atoms with Gasteiger partial charge in [0, 0.05) is 4.88 Å². The van der Waals surface area contributed by atoms with Gasteiger partial charge in [-0.3, -0.25) is 4.79 Å². The molecule has 0 radical (unpaired) electrons. The monoisotopic (exact) mass is 331 g/mol. The van der Waals surface area contributed by atoms with Crippen LogP contribution < -0.4 is 10.2 Å². The van der Waals surface area contributed by atoms with Gasteiger partial charge >= 0.3 is 0 Å². The Bertz CT molecular complexity index is 679. The van der Waals surface area contributed by atoms with Crippen LogP contribution in [0.15, 0.2) is 52.0 Å². The van der Waals surface area contributed by atoms with Crippen LogP contribution in [0.1, 0.15) is 17.4 Å². The van der Waals surface area contributed by atoms with E-state index in [2.05, 4.69) is 15.7 Å². The SMILES string of the molecule is COc1ccc(/C=N\OCC(=O)N/N=C(/C)c2cccs2)cc1. The van der Waals surface area contributed by atoms with Crippen LogP contribution in [0, 0.1) is 0 Å². The number of hydrazone groups is 1. The van der Waals surface area contributed by atoms with Gasteiger partial charge in [0.25, 0.3) is 5.91 Å². The number of hydrogen-bond donors (Lipinski definition) is 1. The molecule has 1 aromatic carbocycles. The Labute approximate surface area is 138 Å². The van der Waals surface area contributed by atoms with Crippen LogP contribution in [0.25, 0.3) is 0 Å². The molecule has 0 saturated carbocycles. The maximum Gasteiger partial charge on any atom is 0.280 e. The number of carbonyl (C=O) groups excluding carboxylic acids is 1. The number of thiophene rings is 1. The second kappa shape index (κ2) is 8.70. The molecule has 0 atom stereocenters. The lowest BCUT2D eigenvalue weighted by Crippen LogP contribution is -2.23. The number of nitrogens with one attached hydrogen (secondary N) is 1. The van der Waals surface area contributed by atoms with Gasteiger partial charge in [-0.25, -0.2) is 5.43 Å². The number of rotatable bonds is 7. The topological polar surface area (TPSA) is 72.3 Å². The molecule has 7 heteroatoms. The van der Waals surface area contributed by atoms with Crippen molar-refractivity contribution in [2.45, 2.75) is 6.92 Å². The average molecular weight is 331 g/mol. The van der Waals surface area contributed by atoms with Crippen LogP contribution >= 0.6 is 11.3 Å². The van der Waals surface area contributed by atoms with E-state index >= 15 is 0 Å². The summed E-state index contributed by atoms with van der Waals surface area (Å²) in [5, 5.41) is 9.70. The van der Waals surface area contributed by atoms with Crippen LogP contribution in [0.2, 0.25) is 0 Å². The zero-order valence-electron chi connectivity index (χ0n) is 12.9. The van der Waals surface area contributed by atoms with Crippen molar-refractivity contribution in [3.8, 4) is 5.75 Å². The molecule has 1 amide bonds. The minimum atomic E-state index is -0.368. The largest absolute Gasteiger partial charge is 0.497 e. The molecule has 0 bridgehead atoms. The highest BCUT2D eigenvalue weighted by atomic mass is 32.1. The molecule has 0 spiro atoms. The zero-order chi connectivity index (χ0) is 16.5. The summed E-state index contributed by atoms with van der Waals surface area (Å²) in [7, 11) is 1.60. The van der Waals surface area contributed by atoms with Crippen molar-refractivity contribution in [1.82, 2.24) is 5.43 Å². The van der Waals surface area contributed by atoms with Gasteiger partial charge in [0.05, 0.1) is 19.0 Å². The zero-order valence-corrected chi connectivity index (χ0v) is 13.7. The molecule has 0 aliphatic rings. The van der Waals surface area contributed by atoms with Gasteiger partial charge in [0.15, 0.2) is 6.61 Å². The molecule has 6 nitrogen and oxygen atoms in total. The molecule has 0 aliphatic carbocycles. The highest BCUT2D eigenvalue weighted by molar-refractivity contribution is 7.12. The van der Waals surface area contributed by atoms with E-state index in [0.29, 0.717) is 0 Å². The summed E-state index contributed by atoms with van der Waals surface area (Å²) < 4.78 is 5.06. The molecule has 0 aliphatic heterocycles. The van der Waals surface area contributed by atoms with Crippen LogP contribution in [0.5, 0.6) is 5.75 Å². The Morgan fingerprint density at radius 2 is 2.09 bits per heavy atom. The summed E-state index contributed by atoms with van der Waals surface area (Å²) in [6.45, 7) is 1.63. The third kappa shape index (κ3) is 5.55. The quantitative estimate of drug-likeness (QED) is 0.626. The van der Waals surface area contributed by atoms with Crippen molar-refractivity contribution in [3.05, 3.63) is 52.2 Å². The van der Waals surface area contributed by atoms with E-state index in [-0.39, 0.29) is 12.5 Å². The first-order valence-corrected chi connectivity index (χ1v) is 7.73. The van der Waals surface area contributed by atoms with Gasteiger partial charge in [-0.2, -0.15) is 5.10 Å². The summed E-state index contributed by atoms with van der Waals surface area (Å²) in [6.07, 6.45) is 1.52. The van der Waals surface area contributed by atoms with E-state index in [1.165, 1.54) is 6.21 Å². The lowest BCUT2D eigenvalue weighted by atomic mass is 10.2. The molecule has 2 rings (SSSR count). The third-order valence-electron chi connectivity index (χ3n) is 2.81. The molecule has 2 aromatic rings. The van der Waals surface area contributed by atoms with Crippen LogP contribution in [-0.2, 0) is 9.63 Å². The Kier molecular flexibility index (Phi) is 6.31. The van der Waals surface area contributed by atoms with Crippen molar-refractivity contribution in [3.63, 3.8) is 0 Å². The maximum atomic E-state index is 11.6. The molecular weight excluding hydrogens is 314 g/mol. The Morgan fingerprint density at radius 1 is 1.30 bits per heavy atom. The number of oxime groups is 1. The predicted octanol–water partition coefficient (Wildman–Crippen LogP) is 2.65. The number of carbonyl (C=O) groups is 1. The van der Waals surface area contributed by atoms with Crippen molar-refractivity contribution in [1.29, 1.82) is 0 Å². The number of hydrogen-bond acceptors (Lipinski definition) is 6. The normalized spacial score (nSPS) is 11.5. The second-order valence-corrected chi connectivity index (χ2v) is 5.44. The molecule has 23 heavy (non-hydrogen) atoms. The first kappa shape index (κ1) is 16.7. The highest BCUT2D eigenvalue weighted by Gasteiger charge is 2.02. The summed E-state index contributed by atoms with van der Waals surface area (Å²) in [6, 6.07) is 11.2. The fourth-order valence-corrected chi connectivity index (χ4v) is 2.28. The van der Waals surface area contributed by atoms with Crippen LogP contribution in [0.3, 0.4) is 0 Å². The number of methoxy groups -OCH3 is 1. The summed E-state index contributed by atoms with van der Waals surface area (Å²) >= 11 is 1.56. The number of nitrogens with zero attached hydrogens (tertiary/aromatic N) is 2. The number of benzene rings is 1. The van der Waals surface area contributed by atoms with E-state index in [1.54, 1.807) is 18.4 Å². The van der Waals surface area contributed by atoms with E-state index in [0.717, 1.165) is 21.9 Å². The fraction of sp³-hybridized carbons (Fsp3) is 0.188. The number of ether oxygens (including phenoxy) is 1. The molecule has 1 N–H and O–H groups in total. The smallest absolute Gasteiger partial charge is 0.280 e. The van der Waals surface area contributed by atoms with Crippen molar-refractivity contribution >= 4 is 29.2 Å². The van der Waals surface area contributed by atoms with Crippen LogP contribution in [-0.4, -0.2) is 31.6 Å². The molecular formula is C16H17N3O3S. The summed E-state index contributed by atoms with van der Waals surface area (Å²) in [5.74, 6) is 0.397. The maximum absolute atomic E-state index is 11.6. The highest BCUT2D eigenvalue weighted by Crippen LogP contribution is 2.10. The van der Waals surface area contributed by atoms with Gasteiger partial charge in [-0.15, -0.1) is 11.3 Å². The predicted molar refractivity (Wildman–Crippen MR) is 91.2 cm³/mol. The van der Waals surface area contributed by atoms with E-state index in [1.807, 2.05) is 48.7 Å². The molecule has 0 saturated heterocycles. The minimum Gasteiger partial charge on any atom is -0.497 e. The van der Waals surface area contributed by atoms with Crippen molar-refractivity contribution in [2.75, 3.05) is 13.7 Å². The van der Waals surface area contributed by atoms with E-state index in [9.17, 15) is 4.79 Å². The standard InChI is InChI=1S/C16H17N3O3S/c1-12(15-4-3-9-23-15)18-19-16(20)11-22-17-10-13-5-7-14(21-2)8-6-13/h3-10H,11H2,1-2H3,(H,19,20)/b17-10-,18-12-. The van der Waals surface area contributed by atoms with Crippen molar-refractivity contribution in [2.24, 2.45) is 10.3 Å². The van der Waals surface area contributed by atoms with E-state index in [4.69, 9.17) is 9.57 Å². The lowest BCUT2D eigenvalue weighted by Gasteiger charge is -2.01. The Morgan fingerprint density at radius 3 is 2.74 bits per heavy atom.